The van der Waals surface area contributed by atoms with Gasteiger partial charge in [-0.3, -0.25) is 0 Å². The number of aliphatic hydroxyl groups excluding tert-OH is 2. The summed E-state index contributed by atoms with van der Waals surface area (Å²) < 4.78 is 6.75. The first-order chi connectivity index (χ1) is 14.3. The number of hydrogen-bond donors (Lipinski definition) is 2. The number of hydrogen-bond acceptors (Lipinski definition) is 3. The van der Waals surface area contributed by atoms with Crippen LogP contribution in [-0.4, -0.2) is 35.1 Å². The molecule has 1 heterocycles. The summed E-state index contributed by atoms with van der Waals surface area (Å²) in [6, 6.07) is 0. The Kier molecular flexibility index (Phi) is 5.43. The maximum Gasteiger partial charge on any atom is 0.0618 e. The average Bonchev–Trinajstić information content (AvgIpc) is 3.20. The van der Waals surface area contributed by atoms with E-state index in [9.17, 15) is 10.2 Å². The molecule has 0 spiro atoms. The minimum absolute atomic E-state index is 0.111. The number of ether oxygens (including phenoxy) is 1. The normalized spacial score (nSPS) is 53.3. The summed E-state index contributed by atoms with van der Waals surface area (Å²) in [5.41, 5.74) is 2.33. The molecule has 2 N–H and O–H groups in total. The Morgan fingerprint density at radius 2 is 2.00 bits per heavy atom. The molecule has 0 aromatic carbocycles. The highest BCUT2D eigenvalue weighted by atomic mass is 16.5. The topological polar surface area (TPSA) is 49.7 Å². The molecular formula is C27H44O3. The molecule has 0 amide bonds. The summed E-state index contributed by atoms with van der Waals surface area (Å²) in [4.78, 5) is 0. The van der Waals surface area contributed by atoms with E-state index < -0.39 is 0 Å². The smallest absolute Gasteiger partial charge is 0.0618 e. The van der Waals surface area contributed by atoms with Gasteiger partial charge in [-0.2, -0.15) is 0 Å². The van der Waals surface area contributed by atoms with Crippen molar-refractivity contribution in [2.24, 2.45) is 46.3 Å². The second-order valence-corrected chi connectivity index (χ2v) is 12.4. The molecule has 11 unspecified atom stereocenters. The van der Waals surface area contributed by atoms with E-state index in [1.807, 2.05) is 0 Å². The molecule has 4 fully saturated rings. The molecule has 0 radical (unpaired) electrons. The van der Waals surface area contributed by atoms with Crippen molar-refractivity contribution in [3.8, 4) is 0 Å². The number of fused-ring (bicyclic) bond motifs is 7. The van der Waals surface area contributed by atoms with Crippen LogP contribution in [0.5, 0.6) is 0 Å². The van der Waals surface area contributed by atoms with Gasteiger partial charge in [0, 0.05) is 6.61 Å². The van der Waals surface area contributed by atoms with Gasteiger partial charge in [0.2, 0.25) is 0 Å². The molecule has 3 saturated carbocycles. The second kappa shape index (κ2) is 7.59. The lowest BCUT2D eigenvalue weighted by atomic mass is 9.47. The molecule has 30 heavy (non-hydrogen) atoms. The van der Waals surface area contributed by atoms with E-state index in [0.717, 1.165) is 43.4 Å². The fraction of sp³-hybridized carbons (Fsp3) is 0.926. The highest BCUT2D eigenvalue weighted by molar-refractivity contribution is 5.26. The fourth-order valence-corrected chi connectivity index (χ4v) is 9.20. The average molecular weight is 417 g/mol. The Morgan fingerprint density at radius 3 is 2.77 bits per heavy atom. The van der Waals surface area contributed by atoms with Gasteiger partial charge >= 0.3 is 0 Å². The SMILES string of the molecule is CC(CO)CCC1OC2CC3C4CC=C5CC(O)CCC5(C)C4CCC3(C)C2C1C. The molecular weight excluding hydrogens is 372 g/mol. The van der Waals surface area contributed by atoms with Crippen LogP contribution in [0.3, 0.4) is 0 Å². The van der Waals surface area contributed by atoms with Crippen molar-refractivity contribution in [3.63, 3.8) is 0 Å². The maximum atomic E-state index is 10.2. The van der Waals surface area contributed by atoms with Crippen LogP contribution in [0.25, 0.3) is 0 Å². The first kappa shape index (κ1) is 21.5. The Hall–Kier alpha value is -0.380. The van der Waals surface area contributed by atoms with Crippen molar-refractivity contribution in [2.45, 2.75) is 104 Å². The van der Waals surface area contributed by atoms with Crippen molar-refractivity contribution in [1.82, 2.24) is 0 Å². The Labute approximate surface area is 183 Å². The Morgan fingerprint density at radius 1 is 1.20 bits per heavy atom. The van der Waals surface area contributed by atoms with E-state index in [-0.39, 0.29) is 6.10 Å². The third-order valence-corrected chi connectivity index (χ3v) is 10.9. The first-order valence-corrected chi connectivity index (χ1v) is 12.9. The van der Waals surface area contributed by atoms with E-state index >= 15 is 0 Å². The summed E-state index contributed by atoms with van der Waals surface area (Å²) in [5.74, 6) is 4.15. The minimum Gasteiger partial charge on any atom is -0.396 e. The number of rotatable bonds is 4. The predicted molar refractivity (Wildman–Crippen MR) is 120 cm³/mol. The Balaban J connectivity index is 1.34. The molecule has 0 aromatic heterocycles. The van der Waals surface area contributed by atoms with Gasteiger partial charge in [0.1, 0.15) is 0 Å². The van der Waals surface area contributed by atoms with E-state index in [1.165, 1.54) is 32.1 Å². The van der Waals surface area contributed by atoms with Crippen LogP contribution in [-0.2, 0) is 4.74 Å². The van der Waals surface area contributed by atoms with Crippen LogP contribution in [0.2, 0.25) is 0 Å². The van der Waals surface area contributed by atoms with Gasteiger partial charge in [0.25, 0.3) is 0 Å². The van der Waals surface area contributed by atoms with Gasteiger partial charge in [0.05, 0.1) is 18.3 Å². The zero-order valence-electron chi connectivity index (χ0n) is 19.6. The van der Waals surface area contributed by atoms with Crippen molar-refractivity contribution in [2.75, 3.05) is 6.61 Å². The van der Waals surface area contributed by atoms with Crippen molar-refractivity contribution < 1.29 is 14.9 Å². The second-order valence-electron chi connectivity index (χ2n) is 12.4. The van der Waals surface area contributed by atoms with E-state index in [2.05, 4.69) is 33.8 Å². The molecule has 0 bridgehead atoms. The highest BCUT2D eigenvalue weighted by Gasteiger charge is 2.64. The fourth-order valence-electron chi connectivity index (χ4n) is 9.20. The van der Waals surface area contributed by atoms with E-state index in [4.69, 9.17) is 4.74 Å². The quantitative estimate of drug-likeness (QED) is 0.608. The van der Waals surface area contributed by atoms with Gasteiger partial charge in [0.15, 0.2) is 0 Å². The van der Waals surface area contributed by atoms with E-state index in [0.29, 0.717) is 47.4 Å². The van der Waals surface area contributed by atoms with Crippen molar-refractivity contribution in [3.05, 3.63) is 11.6 Å². The van der Waals surface area contributed by atoms with Gasteiger partial charge < -0.3 is 14.9 Å². The minimum atomic E-state index is -0.111. The molecule has 3 nitrogen and oxygen atoms in total. The van der Waals surface area contributed by atoms with Gasteiger partial charge in [-0.15, -0.1) is 0 Å². The van der Waals surface area contributed by atoms with E-state index in [1.54, 1.807) is 5.57 Å². The van der Waals surface area contributed by atoms with Crippen molar-refractivity contribution in [1.29, 1.82) is 0 Å². The lowest BCUT2D eigenvalue weighted by molar-refractivity contribution is -0.0590. The molecule has 1 saturated heterocycles. The number of allylic oxidation sites excluding steroid dienone is 1. The molecule has 5 rings (SSSR count). The predicted octanol–water partition coefficient (Wildman–Crippen LogP) is 5.35. The van der Waals surface area contributed by atoms with Crippen LogP contribution < -0.4 is 0 Å². The molecule has 3 heteroatoms. The maximum absolute atomic E-state index is 10.2. The monoisotopic (exact) mass is 416 g/mol. The van der Waals surface area contributed by atoms with Crippen LogP contribution in [0.1, 0.15) is 85.5 Å². The van der Waals surface area contributed by atoms with Gasteiger partial charge in [-0.05, 0) is 104 Å². The first-order valence-electron chi connectivity index (χ1n) is 12.9. The lowest BCUT2D eigenvalue weighted by Gasteiger charge is -2.58. The summed E-state index contributed by atoms with van der Waals surface area (Å²) in [7, 11) is 0. The van der Waals surface area contributed by atoms with Crippen LogP contribution in [0.15, 0.2) is 11.6 Å². The van der Waals surface area contributed by atoms with Crippen LogP contribution >= 0.6 is 0 Å². The Bertz CT molecular complexity index is 688. The standard InChI is InChI=1S/C27H44O3/c1-16(15-28)5-8-23-17(2)25-24(30-23)14-22-20-7-6-18-13-19(29)9-11-26(18,3)21(20)10-12-27(22,25)4/h6,16-17,19-25,28-29H,5,7-15H2,1-4H3. The highest BCUT2D eigenvalue weighted by Crippen LogP contribution is 2.69. The van der Waals surface area contributed by atoms with Crippen LogP contribution in [0, 0.1) is 46.3 Å². The van der Waals surface area contributed by atoms with Gasteiger partial charge in [-0.25, -0.2) is 0 Å². The molecule has 5 aliphatic rings. The summed E-state index contributed by atoms with van der Waals surface area (Å²) in [6.07, 6.45) is 13.8. The molecule has 4 aliphatic carbocycles. The lowest BCUT2D eigenvalue weighted by Crippen LogP contribution is -2.51. The number of aliphatic hydroxyl groups is 2. The molecule has 1 aliphatic heterocycles. The van der Waals surface area contributed by atoms with Gasteiger partial charge in [-0.1, -0.05) is 39.3 Å². The molecule has 170 valence electrons. The summed E-state index contributed by atoms with van der Waals surface area (Å²) >= 11 is 0. The molecule has 0 aromatic rings. The third-order valence-electron chi connectivity index (χ3n) is 10.9. The summed E-state index contributed by atoms with van der Waals surface area (Å²) in [6.45, 7) is 10.0. The zero-order valence-corrected chi connectivity index (χ0v) is 19.6. The summed E-state index contributed by atoms with van der Waals surface area (Å²) in [5, 5.41) is 19.6. The largest absolute Gasteiger partial charge is 0.396 e. The molecule has 11 atom stereocenters. The van der Waals surface area contributed by atoms with Crippen LogP contribution in [0.4, 0.5) is 0 Å². The third kappa shape index (κ3) is 3.09. The zero-order chi connectivity index (χ0) is 21.3. The van der Waals surface area contributed by atoms with Crippen molar-refractivity contribution >= 4 is 0 Å².